The standard InChI is InChI=1S/C15H18O5/c1-19-12-4-5-14-11(9-12)3-2-10(6-7-20-14)8-13(16)15(17)18/h4-5,9-10H,2-3,6-8H2,1H3,(H,17,18). The predicted octanol–water partition coefficient (Wildman–Crippen LogP) is 2.07. The van der Waals surface area contributed by atoms with E-state index in [1.165, 1.54) is 0 Å². The van der Waals surface area contributed by atoms with Crippen LogP contribution in [-0.4, -0.2) is 30.6 Å². The van der Waals surface area contributed by atoms with Gasteiger partial charge in [-0.3, -0.25) is 4.79 Å². The van der Waals surface area contributed by atoms with Gasteiger partial charge in [0.1, 0.15) is 11.5 Å². The topological polar surface area (TPSA) is 72.8 Å². The lowest BCUT2D eigenvalue weighted by atomic mass is 9.91. The number of rotatable bonds is 4. The summed E-state index contributed by atoms with van der Waals surface area (Å²) in [5.74, 6) is -0.408. The number of Topliss-reactive ketones (excluding diaryl/α,β-unsaturated/α-hetero) is 1. The Labute approximate surface area is 117 Å². The van der Waals surface area contributed by atoms with Crippen LogP contribution < -0.4 is 9.47 Å². The number of carboxylic acid groups (broad SMARTS) is 1. The van der Waals surface area contributed by atoms with Crippen LogP contribution in [0.1, 0.15) is 24.8 Å². The minimum Gasteiger partial charge on any atom is -0.497 e. The average Bonchev–Trinajstić information content (AvgIpc) is 2.42. The Bertz CT molecular complexity index is 509. The van der Waals surface area contributed by atoms with Crippen LogP contribution in [0, 0.1) is 5.92 Å². The first-order valence-electron chi connectivity index (χ1n) is 6.66. The molecule has 1 heterocycles. The van der Waals surface area contributed by atoms with Crippen LogP contribution in [-0.2, 0) is 16.0 Å². The monoisotopic (exact) mass is 278 g/mol. The molecule has 0 aromatic heterocycles. The largest absolute Gasteiger partial charge is 0.497 e. The van der Waals surface area contributed by atoms with E-state index < -0.39 is 11.8 Å². The van der Waals surface area contributed by atoms with Gasteiger partial charge < -0.3 is 14.6 Å². The van der Waals surface area contributed by atoms with Crippen molar-refractivity contribution in [3.8, 4) is 11.5 Å². The molecular formula is C15H18O5. The van der Waals surface area contributed by atoms with Gasteiger partial charge in [-0.2, -0.15) is 0 Å². The van der Waals surface area contributed by atoms with Gasteiger partial charge in [-0.15, -0.1) is 0 Å². The number of carboxylic acids is 1. The molecule has 108 valence electrons. The molecule has 1 unspecified atom stereocenters. The van der Waals surface area contributed by atoms with Gasteiger partial charge in [0.2, 0.25) is 5.78 Å². The molecule has 5 nitrogen and oxygen atoms in total. The Morgan fingerprint density at radius 3 is 2.90 bits per heavy atom. The third-order valence-corrected chi connectivity index (χ3v) is 3.59. The number of fused-ring (bicyclic) bond motifs is 1. The van der Waals surface area contributed by atoms with Crippen LogP contribution in [0.5, 0.6) is 11.5 Å². The molecule has 0 radical (unpaired) electrons. The Morgan fingerprint density at radius 2 is 2.20 bits per heavy atom. The molecule has 1 atom stereocenters. The highest BCUT2D eigenvalue weighted by atomic mass is 16.5. The number of ketones is 1. The summed E-state index contributed by atoms with van der Waals surface area (Å²) >= 11 is 0. The first-order valence-corrected chi connectivity index (χ1v) is 6.66. The SMILES string of the molecule is COc1ccc2c(c1)CCC(CC(=O)C(=O)O)CCO2. The highest BCUT2D eigenvalue weighted by Gasteiger charge is 2.21. The van der Waals surface area contributed by atoms with E-state index in [0.717, 1.165) is 29.9 Å². The second kappa shape index (κ2) is 6.41. The highest BCUT2D eigenvalue weighted by Crippen LogP contribution is 2.30. The molecule has 0 aliphatic carbocycles. The van der Waals surface area contributed by atoms with Crippen molar-refractivity contribution < 1.29 is 24.2 Å². The van der Waals surface area contributed by atoms with Gasteiger partial charge in [-0.05, 0) is 48.9 Å². The first-order chi connectivity index (χ1) is 9.60. The summed E-state index contributed by atoms with van der Waals surface area (Å²) in [7, 11) is 1.61. The van der Waals surface area contributed by atoms with E-state index >= 15 is 0 Å². The van der Waals surface area contributed by atoms with Crippen LogP contribution in [0.25, 0.3) is 0 Å². The number of hydrogen-bond donors (Lipinski definition) is 1. The van der Waals surface area contributed by atoms with Gasteiger partial charge >= 0.3 is 5.97 Å². The summed E-state index contributed by atoms with van der Waals surface area (Å²) in [6.45, 7) is 0.497. The third kappa shape index (κ3) is 3.50. The Balaban J connectivity index is 2.05. The van der Waals surface area contributed by atoms with Crippen LogP contribution in [0.3, 0.4) is 0 Å². The number of benzene rings is 1. The molecule has 1 aliphatic heterocycles. The normalized spacial score (nSPS) is 18.1. The zero-order valence-electron chi connectivity index (χ0n) is 11.4. The zero-order valence-corrected chi connectivity index (χ0v) is 11.4. The lowest BCUT2D eigenvalue weighted by Gasteiger charge is -2.21. The number of carbonyl (C=O) groups excluding carboxylic acids is 1. The summed E-state index contributed by atoms with van der Waals surface area (Å²) in [6, 6.07) is 5.67. The maximum atomic E-state index is 11.3. The van der Waals surface area contributed by atoms with E-state index in [4.69, 9.17) is 14.6 Å². The van der Waals surface area contributed by atoms with Gasteiger partial charge in [0.05, 0.1) is 13.7 Å². The van der Waals surface area contributed by atoms with E-state index in [0.29, 0.717) is 13.0 Å². The number of hydrogen-bond acceptors (Lipinski definition) is 4. The summed E-state index contributed by atoms with van der Waals surface area (Å²) < 4.78 is 10.9. The minimum atomic E-state index is -1.35. The van der Waals surface area contributed by atoms with Crippen molar-refractivity contribution in [3.63, 3.8) is 0 Å². The lowest BCUT2D eigenvalue weighted by Crippen LogP contribution is -2.20. The second-order valence-electron chi connectivity index (χ2n) is 4.95. The van der Waals surface area contributed by atoms with Crippen molar-refractivity contribution in [2.75, 3.05) is 13.7 Å². The van der Waals surface area contributed by atoms with Gasteiger partial charge in [0, 0.05) is 6.42 Å². The number of ether oxygens (including phenoxy) is 2. The van der Waals surface area contributed by atoms with Crippen LogP contribution in [0.15, 0.2) is 18.2 Å². The van der Waals surface area contributed by atoms with Crippen LogP contribution in [0.4, 0.5) is 0 Å². The number of aryl methyl sites for hydroxylation is 1. The van der Waals surface area contributed by atoms with E-state index in [2.05, 4.69) is 0 Å². The lowest BCUT2D eigenvalue weighted by molar-refractivity contribution is -0.149. The molecule has 1 aromatic carbocycles. The molecule has 1 N–H and O–H groups in total. The fraction of sp³-hybridized carbons (Fsp3) is 0.467. The smallest absolute Gasteiger partial charge is 0.372 e. The molecule has 0 saturated carbocycles. The van der Waals surface area contributed by atoms with Crippen molar-refractivity contribution in [1.82, 2.24) is 0 Å². The summed E-state index contributed by atoms with van der Waals surface area (Å²) in [6.07, 6.45) is 2.31. The van der Waals surface area contributed by atoms with Gasteiger partial charge in [-0.25, -0.2) is 4.79 Å². The summed E-state index contributed by atoms with van der Waals surface area (Å²) in [5, 5.41) is 8.67. The minimum absolute atomic E-state index is 0.0537. The van der Waals surface area contributed by atoms with E-state index in [1.54, 1.807) is 7.11 Å². The maximum Gasteiger partial charge on any atom is 0.372 e. The van der Waals surface area contributed by atoms with Crippen molar-refractivity contribution in [2.45, 2.75) is 25.7 Å². The van der Waals surface area contributed by atoms with Gasteiger partial charge in [-0.1, -0.05) is 0 Å². The molecule has 5 heteroatoms. The Hall–Kier alpha value is -2.04. The quantitative estimate of drug-likeness (QED) is 0.853. The molecule has 20 heavy (non-hydrogen) atoms. The van der Waals surface area contributed by atoms with E-state index in [-0.39, 0.29) is 12.3 Å². The molecule has 0 amide bonds. The molecule has 0 fully saturated rings. The number of carbonyl (C=O) groups is 2. The Morgan fingerprint density at radius 1 is 1.40 bits per heavy atom. The van der Waals surface area contributed by atoms with Crippen molar-refractivity contribution in [1.29, 1.82) is 0 Å². The van der Waals surface area contributed by atoms with Crippen molar-refractivity contribution in [2.24, 2.45) is 5.92 Å². The summed E-state index contributed by atoms with van der Waals surface area (Å²) in [4.78, 5) is 21.9. The first kappa shape index (κ1) is 14.4. The van der Waals surface area contributed by atoms with Crippen molar-refractivity contribution >= 4 is 11.8 Å². The van der Waals surface area contributed by atoms with E-state index in [9.17, 15) is 9.59 Å². The highest BCUT2D eigenvalue weighted by molar-refractivity contribution is 6.32. The van der Waals surface area contributed by atoms with Gasteiger partial charge in [0.25, 0.3) is 0 Å². The average molecular weight is 278 g/mol. The maximum absolute atomic E-state index is 11.3. The third-order valence-electron chi connectivity index (χ3n) is 3.59. The fourth-order valence-corrected chi connectivity index (χ4v) is 2.41. The molecule has 0 spiro atoms. The molecule has 1 aliphatic rings. The van der Waals surface area contributed by atoms with Crippen LogP contribution >= 0.6 is 0 Å². The van der Waals surface area contributed by atoms with E-state index in [1.807, 2.05) is 18.2 Å². The molecule has 1 aromatic rings. The molecular weight excluding hydrogens is 260 g/mol. The van der Waals surface area contributed by atoms with Crippen LogP contribution in [0.2, 0.25) is 0 Å². The van der Waals surface area contributed by atoms with Crippen molar-refractivity contribution in [3.05, 3.63) is 23.8 Å². The number of methoxy groups -OCH3 is 1. The molecule has 0 bridgehead atoms. The predicted molar refractivity (Wildman–Crippen MR) is 72.2 cm³/mol. The summed E-state index contributed by atoms with van der Waals surface area (Å²) in [5.41, 5.74) is 1.04. The number of aliphatic carboxylic acids is 1. The van der Waals surface area contributed by atoms with Gasteiger partial charge in [0.15, 0.2) is 0 Å². The molecule has 0 saturated heterocycles. The molecule has 2 rings (SSSR count). The zero-order chi connectivity index (χ0) is 14.5. The fourth-order valence-electron chi connectivity index (χ4n) is 2.41. The second-order valence-corrected chi connectivity index (χ2v) is 4.95. The Kier molecular flexibility index (Phi) is 4.61.